The molecule has 0 fully saturated rings. The summed E-state index contributed by atoms with van der Waals surface area (Å²) in [5.41, 5.74) is 6.13. The van der Waals surface area contributed by atoms with E-state index in [1.54, 1.807) is 12.2 Å². The molecule has 1 aliphatic carbocycles. The van der Waals surface area contributed by atoms with Gasteiger partial charge in [0.05, 0.1) is 0 Å². The van der Waals surface area contributed by atoms with Crippen LogP contribution in [0.25, 0.3) is 0 Å². The molecule has 0 aromatic carbocycles. The van der Waals surface area contributed by atoms with Gasteiger partial charge in [0.25, 0.3) is 0 Å². The van der Waals surface area contributed by atoms with Gasteiger partial charge >= 0.3 is 5.97 Å². The van der Waals surface area contributed by atoms with Gasteiger partial charge in [-0.15, -0.1) is 9.24 Å². The molecule has 4 nitrogen and oxygen atoms in total. The second-order valence-corrected chi connectivity index (χ2v) is 5.38. The van der Waals surface area contributed by atoms with E-state index in [9.17, 15) is 9.90 Å². The number of hydrogen-bond donors (Lipinski definition) is 3. The first-order chi connectivity index (χ1) is 7.30. The Balaban J connectivity index is 2.84. The van der Waals surface area contributed by atoms with Crippen LogP contribution in [0.2, 0.25) is 0 Å². The van der Waals surface area contributed by atoms with E-state index in [0.29, 0.717) is 5.57 Å². The molecule has 1 rings (SSSR count). The fourth-order valence-corrected chi connectivity index (χ4v) is 1.67. The number of carbonyl (C=O) groups is 1. The van der Waals surface area contributed by atoms with E-state index in [1.807, 2.05) is 13.0 Å². The maximum absolute atomic E-state index is 10.6. The van der Waals surface area contributed by atoms with Crippen LogP contribution < -0.4 is 5.73 Å². The summed E-state index contributed by atoms with van der Waals surface area (Å²) in [4.78, 5) is 10.6. The minimum absolute atomic E-state index is 0.120. The van der Waals surface area contributed by atoms with Crippen molar-refractivity contribution in [2.24, 2.45) is 5.73 Å². The van der Waals surface area contributed by atoms with E-state index in [-0.39, 0.29) is 17.3 Å². The van der Waals surface area contributed by atoms with Gasteiger partial charge in [-0.3, -0.25) is 4.79 Å². The lowest BCUT2D eigenvalue weighted by atomic mass is 10.1. The lowest BCUT2D eigenvalue weighted by Gasteiger charge is -2.12. The summed E-state index contributed by atoms with van der Waals surface area (Å²) in [7, 11) is 2.60. The standard InChI is InChI=1S/C11H16NO3P/c1-11(16)3-2-7(4-8(13)6-11)5-9(12)10(14)15/h2-4,6,9,13H,5,12,16H2,1H3,(H,14,15). The van der Waals surface area contributed by atoms with Gasteiger partial charge < -0.3 is 15.9 Å². The fraction of sp³-hybridized carbons (Fsp3) is 0.364. The molecule has 3 unspecified atom stereocenters. The van der Waals surface area contributed by atoms with Crippen molar-refractivity contribution in [3.8, 4) is 0 Å². The monoisotopic (exact) mass is 241 g/mol. The van der Waals surface area contributed by atoms with Gasteiger partial charge in [0.1, 0.15) is 11.8 Å². The first kappa shape index (κ1) is 12.9. The van der Waals surface area contributed by atoms with Gasteiger partial charge in [0, 0.05) is 5.16 Å². The molecule has 0 heterocycles. The number of nitrogens with two attached hydrogens (primary N) is 1. The fourth-order valence-electron chi connectivity index (χ4n) is 1.40. The Morgan fingerprint density at radius 1 is 1.69 bits per heavy atom. The third kappa shape index (κ3) is 3.80. The van der Waals surface area contributed by atoms with Crippen LogP contribution in [0.3, 0.4) is 0 Å². The van der Waals surface area contributed by atoms with Gasteiger partial charge in [-0.05, 0) is 31.1 Å². The van der Waals surface area contributed by atoms with Crippen LogP contribution in [-0.2, 0) is 4.79 Å². The largest absolute Gasteiger partial charge is 0.508 e. The van der Waals surface area contributed by atoms with Gasteiger partial charge in [-0.25, -0.2) is 0 Å². The molecule has 0 aromatic rings. The average Bonchev–Trinajstić information content (AvgIpc) is 2.24. The SMILES string of the molecule is CC1(P)C=CC(CC(N)C(=O)O)=CC(O)=C1. The third-order valence-electron chi connectivity index (χ3n) is 2.22. The molecule has 1 aliphatic rings. The number of rotatable bonds is 3. The Hall–Kier alpha value is -1.12. The molecule has 0 amide bonds. The van der Waals surface area contributed by atoms with Crippen LogP contribution >= 0.6 is 9.24 Å². The molecule has 4 N–H and O–H groups in total. The molecular formula is C11H16NO3P. The smallest absolute Gasteiger partial charge is 0.320 e. The Kier molecular flexibility index (Phi) is 3.89. The van der Waals surface area contributed by atoms with Crippen molar-refractivity contribution in [1.82, 2.24) is 0 Å². The van der Waals surface area contributed by atoms with E-state index in [4.69, 9.17) is 10.8 Å². The second-order valence-electron chi connectivity index (χ2n) is 4.14. The van der Waals surface area contributed by atoms with Crippen molar-refractivity contribution in [1.29, 1.82) is 0 Å². The Morgan fingerprint density at radius 3 is 2.88 bits per heavy atom. The summed E-state index contributed by atoms with van der Waals surface area (Å²) >= 11 is 0. The molecule has 0 saturated heterocycles. The van der Waals surface area contributed by atoms with E-state index < -0.39 is 12.0 Å². The van der Waals surface area contributed by atoms with Crippen LogP contribution in [0.4, 0.5) is 0 Å². The minimum atomic E-state index is -1.05. The topological polar surface area (TPSA) is 83.6 Å². The van der Waals surface area contributed by atoms with Crippen molar-refractivity contribution in [2.45, 2.75) is 24.5 Å². The van der Waals surface area contributed by atoms with Gasteiger partial charge in [0.2, 0.25) is 0 Å². The van der Waals surface area contributed by atoms with Crippen LogP contribution in [0.15, 0.2) is 35.6 Å². The van der Waals surface area contributed by atoms with E-state index >= 15 is 0 Å². The Morgan fingerprint density at radius 2 is 2.31 bits per heavy atom. The Bertz CT molecular complexity index is 383. The highest BCUT2D eigenvalue weighted by Crippen LogP contribution is 2.27. The number of carboxylic acid groups (broad SMARTS) is 1. The van der Waals surface area contributed by atoms with E-state index in [0.717, 1.165) is 0 Å². The van der Waals surface area contributed by atoms with Gasteiger partial charge in [-0.2, -0.15) is 0 Å². The van der Waals surface area contributed by atoms with Crippen molar-refractivity contribution < 1.29 is 15.0 Å². The highest BCUT2D eigenvalue weighted by atomic mass is 31.0. The maximum atomic E-state index is 10.6. The van der Waals surface area contributed by atoms with Crippen LogP contribution in [-0.4, -0.2) is 27.4 Å². The highest BCUT2D eigenvalue weighted by Gasteiger charge is 2.17. The average molecular weight is 241 g/mol. The van der Waals surface area contributed by atoms with Crippen molar-refractivity contribution >= 4 is 15.2 Å². The number of hydrogen-bond acceptors (Lipinski definition) is 3. The maximum Gasteiger partial charge on any atom is 0.320 e. The van der Waals surface area contributed by atoms with E-state index in [2.05, 4.69) is 9.24 Å². The van der Waals surface area contributed by atoms with E-state index in [1.165, 1.54) is 6.08 Å². The third-order valence-corrected chi connectivity index (χ3v) is 2.58. The van der Waals surface area contributed by atoms with Crippen molar-refractivity contribution in [2.75, 3.05) is 0 Å². The number of aliphatic hydroxyl groups excluding tert-OH is 1. The number of aliphatic hydroxyl groups is 1. The predicted octanol–water partition coefficient (Wildman–Crippen LogP) is 1.36. The van der Waals surface area contributed by atoms with Crippen LogP contribution in [0.1, 0.15) is 13.3 Å². The molecular weight excluding hydrogens is 225 g/mol. The van der Waals surface area contributed by atoms with Crippen molar-refractivity contribution in [3.05, 3.63) is 35.6 Å². The molecule has 0 aromatic heterocycles. The van der Waals surface area contributed by atoms with Gasteiger partial charge in [0.15, 0.2) is 0 Å². The zero-order valence-corrected chi connectivity index (χ0v) is 10.2. The van der Waals surface area contributed by atoms with Crippen molar-refractivity contribution in [3.63, 3.8) is 0 Å². The summed E-state index contributed by atoms with van der Waals surface area (Å²) in [6, 6.07) is -0.947. The molecule has 3 atom stereocenters. The molecule has 88 valence electrons. The lowest BCUT2D eigenvalue weighted by molar-refractivity contribution is -0.138. The van der Waals surface area contributed by atoms with Crippen LogP contribution in [0, 0.1) is 0 Å². The van der Waals surface area contributed by atoms with Crippen LogP contribution in [0.5, 0.6) is 0 Å². The molecule has 16 heavy (non-hydrogen) atoms. The molecule has 0 aliphatic heterocycles. The molecule has 0 radical (unpaired) electrons. The minimum Gasteiger partial charge on any atom is -0.508 e. The lowest BCUT2D eigenvalue weighted by Crippen LogP contribution is -2.30. The molecule has 5 heteroatoms. The Labute approximate surface area is 96.7 Å². The zero-order valence-electron chi connectivity index (χ0n) is 9.05. The molecule has 0 saturated carbocycles. The summed E-state index contributed by atoms with van der Waals surface area (Å²) in [6.45, 7) is 1.91. The number of allylic oxidation sites excluding steroid dienone is 4. The highest BCUT2D eigenvalue weighted by molar-refractivity contribution is 7.19. The summed E-state index contributed by atoms with van der Waals surface area (Å²) < 4.78 is 0. The molecule has 0 bridgehead atoms. The molecule has 0 spiro atoms. The quantitative estimate of drug-likeness (QED) is 0.651. The van der Waals surface area contributed by atoms with Gasteiger partial charge in [-0.1, -0.05) is 12.2 Å². The predicted molar refractivity (Wildman–Crippen MR) is 66.3 cm³/mol. The number of aliphatic carboxylic acids is 1. The summed E-state index contributed by atoms with van der Waals surface area (Å²) in [5, 5.41) is 18.0. The normalized spacial score (nSPS) is 26.7. The first-order valence-corrected chi connectivity index (χ1v) is 5.47. The second kappa shape index (κ2) is 4.81. The first-order valence-electron chi connectivity index (χ1n) is 4.89. The number of carboxylic acids is 1. The zero-order chi connectivity index (χ0) is 12.3. The summed E-state index contributed by atoms with van der Waals surface area (Å²) in [5.74, 6) is -0.925. The summed E-state index contributed by atoms with van der Waals surface area (Å²) in [6.07, 6.45) is 7.07.